The van der Waals surface area contributed by atoms with Gasteiger partial charge in [-0.15, -0.1) is 0 Å². The topological polar surface area (TPSA) is 88.9 Å². The lowest BCUT2D eigenvalue weighted by Crippen LogP contribution is -2.41. The molecule has 0 saturated heterocycles. The number of carbonyl (C=O) groups is 2. The van der Waals surface area contributed by atoms with Crippen LogP contribution in [0.15, 0.2) is 36.5 Å². The van der Waals surface area contributed by atoms with Crippen molar-refractivity contribution >= 4 is 22.8 Å². The quantitative estimate of drug-likeness (QED) is 0.717. The molecular formula is C18H19N5O2. The summed E-state index contributed by atoms with van der Waals surface area (Å²) < 4.78 is 2.07. The largest absolute Gasteiger partial charge is 0.329 e. The van der Waals surface area contributed by atoms with E-state index in [2.05, 4.69) is 25.4 Å². The maximum atomic E-state index is 12.3. The van der Waals surface area contributed by atoms with Crippen LogP contribution < -0.4 is 10.9 Å². The standard InChI is InChI=1S/C18H19N5O2/c1-4-23-12(3)20-15-9-13(7-8-16(15)23)17(24)21-22-18(25)14-6-5-11(2)19-10-14/h5-10H,4H2,1-3H3,(H,21,24)(H,22,25). The SMILES string of the molecule is CCn1c(C)nc2cc(C(=O)NNC(=O)c3ccc(C)nc3)ccc21. The van der Waals surface area contributed by atoms with E-state index >= 15 is 0 Å². The molecule has 7 nitrogen and oxygen atoms in total. The Labute approximate surface area is 145 Å². The number of pyridine rings is 1. The molecule has 0 bridgehead atoms. The number of fused-ring (bicyclic) bond motifs is 1. The van der Waals surface area contributed by atoms with Crippen molar-refractivity contribution in [1.82, 2.24) is 25.4 Å². The second-order valence-corrected chi connectivity index (χ2v) is 5.70. The van der Waals surface area contributed by atoms with Crippen LogP contribution in [0.1, 0.15) is 39.2 Å². The minimum absolute atomic E-state index is 0.374. The monoisotopic (exact) mass is 337 g/mol. The summed E-state index contributed by atoms with van der Waals surface area (Å²) in [6, 6.07) is 8.67. The molecule has 0 spiro atoms. The van der Waals surface area contributed by atoms with Crippen molar-refractivity contribution in [2.45, 2.75) is 27.3 Å². The molecule has 3 rings (SSSR count). The molecule has 2 heterocycles. The number of aromatic nitrogens is 3. The normalized spacial score (nSPS) is 10.7. The number of hydrogen-bond acceptors (Lipinski definition) is 4. The summed E-state index contributed by atoms with van der Waals surface area (Å²) in [7, 11) is 0. The number of imidazole rings is 1. The summed E-state index contributed by atoms with van der Waals surface area (Å²) in [5, 5.41) is 0. The molecule has 0 unspecified atom stereocenters. The van der Waals surface area contributed by atoms with Crippen LogP contribution in [0.25, 0.3) is 11.0 Å². The highest BCUT2D eigenvalue weighted by Gasteiger charge is 2.12. The highest BCUT2D eigenvalue weighted by molar-refractivity contribution is 6.00. The zero-order chi connectivity index (χ0) is 18.0. The first-order valence-corrected chi connectivity index (χ1v) is 8.00. The molecule has 0 radical (unpaired) electrons. The fourth-order valence-corrected chi connectivity index (χ4v) is 2.65. The summed E-state index contributed by atoms with van der Waals surface area (Å²) in [5.74, 6) is 0.0716. The number of amides is 2. The van der Waals surface area contributed by atoms with Crippen molar-refractivity contribution in [1.29, 1.82) is 0 Å². The first-order chi connectivity index (χ1) is 12.0. The predicted molar refractivity (Wildman–Crippen MR) is 94.1 cm³/mol. The summed E-state index contributed by atoms with van der Waals surface area (Å²) in [5.41, 5.74) is 8.14. The lowest BCUT2D eigenvalue weighted by Gasteiger charge is -2.08. The van der Waals surface area contributed by atoms with Crippen LogP contribution in [0.5, 0.6) is 0 Å². The first kappa shape index (κ1) is 16.6. The molecule has 7 heteroatoms. The van der Waals surface area contributed by atoms with Gasteiger partial charge in [0, 0.05) is 24.0 Å². The van der Waals surface area contributed by atoms with Crippen molar-refractivity contribution in [3.05, 3.63) is 59.2 Å². The maximum Gasteiger partial charge on any atom is 0.271 e. The van der Waals surface area contributed by atoms with Crippen LogP contribution in [0, 0.1) is 13.8 Å². The average molecular weight is 337 g/mol. The van der Waals surface area contributed by atoms with Gasteiger partial charge in [0.15, 0.2) is 0 Å². The Hall–Kier alpha value is -3.22. The van der Waals surface area contributed by atoms with Crippen LogP contribution in [0.4, 0.5) is 0 Å². The fourth-order valence-electron chi connectivity index (χ4n) is 2.65. The van der Waals surface area contributed by atoms with E-state index in [1.807, 2.05) is 26.8 Å². The Kier molecular flexibility index (Phi) is 4.47. The van der Waals surface area contributed by atoms with Gasteiger partial charge in [0.25, 0.3) is 11.8 Å². The molecule has 0 aliphatic heterocycles. The molecule has 0 fully saturated rings. The van der Waals surface area contributed by atoms with Crippen molar-refractivity contribution in [2.75, 3.05) is 0 Å². The highest BCUT2D eigenvalue weighted by Crippen LogP contribution is 2.17. The van der Waals surface area contributed by atoms with Crippen LogP contribution in [0.2, 0.25) is 0 Å². The molecule has 0 saturated carbocycles. The molecule has 25 heavy (non-hydrogen) atoms. The Morgan fingerprint density at radius 3 is 2.36 bits per heavy atom. The van der Waals surface area contributed by atoms with Gasteiger partial charge in [0.2, 0.25) is 0 Å². The number of rotatable bonds is 3. The second-order valence-electron chi connectivity index (χ2n) is 5.70. The van der Waals surface area contributed by atoms with E-state index in [0.717, 1.165) is 29.1 Å². The van der Waals surface area contributed by atoms with Gasteiger partial charge in [0.1, 0.15) is 5.82 Å². The Morgan fingerprint density at radius 1 is 1.04 bits per heavy atom. The van der Waals surface area contributed by atoms with Crippen LogP contribution in [-0.2, 0) is 6.54 Å². The molecule has 1 aromatic carbocycles. The lowest BCUT2D eigenvalue weighted by molar-refractivity contribution is 0.0846. The van der Waals surface area contributed by atoms with Crippen LogP contribution in [-0.4, -0.2) is 26.3 Å². The van der Waals surface area contributed by atoms with Crippen molar-refractivity contribution in [2.24, 2.45) is 0 Å². The molecule has 0 aliphatic carbocycles. The van der Waals surface area contributed by atoms with Gasteiger partial charge in [-0.3, -0.25) is 25.4 Å². The van der Waals surface area contributed by atoms with E-state index in [1.165, 1.54) is 6.20 Å². The van der Waals surface area contributed by atoms with Gasteiger partial charge < -0.3 is 4.57 Å². The molecule has 3 aromatic rings. The second kappa shape index (κ2) is 6.72. The molecule has 2 N–H and O–H groups in total. The van der Waals surface area contributed by atoms with E-state index < -0.39 is 11.8 Å². The third-order valence-corrected chi connectivity index (χ3v) is 3.98. The van der Waals surface area contributed by atoms with Crippen molar-refractivity contribution in [3.63, 3.8) is 0 Å². The van der Waals surface area contributed by atoms with E-state index in [9.17, 15) is 9.59 Å². The van der Waals surface area contributed by atoms with Gasteiger partial charge in [-0.1, -0.05) is 0 Å². The van der Waals surface area contributed by atoms with E-state index in [4.69, 9.17) is 0 Å². The van der Waals surface area contributed by atoms with Crippen molar-refractivity contribution in [3.8, 4) is 0 Å². The third kappa shape index (κ3) is 3.35. The third-order valence-electron chi connectivity index (χ3n) is 3.98. The van der Waals surface area contributed by atoms with Gasteiger partial charge >= 0.3 is 0 Å². The summed E-state index contributed by atoms with van der Waals surface area (Å²) in [4.78, 5) is 32.8. The number of benzene rings is 1. The summed E-state index contributed by atoms with van der Waals surface area (Å²) >= 11 is 0. The van der Waals surface area contributed by atoms with E-state index in [-0.39, 0.29) is 0 Å². The zero-order valence-corrected chi connectivity index (χ0v) is 14.3. The predicted octanol–water partition coefficient (Wildman–Crippen LogP) is 2.14. The molecule has 128 valence electrons. The van der Waals surface area contributed by atoms with Gasteiger partial charge in [-0.2, -0.15) is 0 Å². The number of carbonyl (C=O) groups excluding carboxylic acids is 2. The Bertz CT molecular complexity index is 944. The van der Waals surface area contributed by atoms with Gasteiger partial charge in [-0.05, 0) is 51.1 Å². The van der Waals surface area contributed by atoms with Gasteiger partial charge in [0.05, 0.1) is 16.6 Å². The molecule has 2 aromatic heterocycles. The summed E-state index contributed by atoms with van der Waals surface area (Å²) in [6.45, 7) is 6.62. The van der Waals surface area contributed by atoms with E-state index in [0.29, 0.717) is 11.1 Å². The minimum atomic E-state index is -0.423. The first-order valence-electron chi connectivity index (χ1n) is 8.00. The average Bonchev–Trinajstić information content (AvgIpc) is 2.93. The zero-order valence-electron chi connectivity index (χ0n) is 14.3. The lowest BCUT2D eigenvalue weighted by atomic mass is 10.2. The Balaban J connectivity index is 1.71. The summed E-state index contributed by atoms with van der Waals surface area (Å²) in [6.07, 6.45) is 1.46. The highest BCUT2D eigenvalue weighted by atomic mass is 16.2. The van der Waals surface area contributed by atoms with Crippen LogP contribution in [0.3, 0.4) is 0 Å². The maximum absolute atomic E-state index is 12.3. The number of aryl methyl sites for hydroxylation is 3. The fraction of sp³-hybridized carbons (Fsp3) is 0.222. The molecule has 0 aliphatic rings. The van der Waals surface area contributed by atoms with Crippen LogP contribution >= 0.6 is 0 Å². The number of hydrogen-bond donors (Lipinski definition) is 2. The smallest absolute Gasteiger partial charge is 0.271 e. The molecule has 2 amide bonds. The van der Waals surface area contributed by atoms with Gasteiger partial charge in [-0.25, -0.2) is 4.98 Å². The van der Waals surface area contributed by atoms with E-state index in [1.54, 1.807) is 24.3 Å². The molecular weight excluding hydrogens is 318 g/mol. The van der Waals surface area contributed by atoms with Crippen molar-refractivity contribution < 1.29 is 9.59 Å². The number of nitrogens with one attached hydrogen (secondary N) is 2. The number of hydrazine groups is 1. The Morgan fingerprint density at radius 2 is 1.72 bits per heavy atom. The molecule has 0 atom stereocenters. The minimum Gasteiger partial charge on any atom is -0.329 e. The number of nitrogens with zero attached hydrogens (tertiary/aromatic N) is 3.